The van der Waals surface area contributed by atoms with Crippen LogP contribution in [0.3, 0.4) is 0 Å². The smallest absolute Gasteiger partial charge is 0.297 e. The predicted octanol–water partition coefficient (Wildman–Crippen LogP) is 2.92. The van der Waals surface area contributed by atoms with E-state index in [9.17, 15) is 18.0 Å². The molecule has 1 aromatic heterocycles. The first kappa shape index (κ1) is 19.0. The van der Waals surface area contributed by atoms with Gasteiger partial charge in [-0.25, -0.2) is 0 Å². The fourth-order valence-corrected chi connectivity index (χ4v) is 2.47. The summed E-state index contributed by atoms with van der Waals surface area (Å²) >= 11 is 0. The van der Waals surface area contributed by atoms with E-state index in [1.165, 1.54) is 17.0 Å². The number of para-hydroxylation sites is 1. The summed E-state index contributed by atoms with van der Waals surface area (Å²) in [5.74, 6) is -0.494. The Hall–Kier alpha value is -3.74. The number of rotatable bonds is 5. The average Bonchev–Trinajstić information content (AvgIpc) is 3.14. The van der Waals surface area contributed by atoms with E-state index in [1.807, 2.05) is 6.07 Å². The Morgan fingerprint density at radius 3 is 2.57 bits per heavy atom. The zero-order valence-electron chi connectivity index (χ0n) is 14.3. The lowest BCUT2D eigenvalue weighted by Gasteiger charge is -2.19. The number of anilines is 1. The molecule has 0 aliphatic heterocycles. The molecule has 3 aromatic rings. The minimum absolute atomic E-state index is 0.0366. The summed E-state index contributed by atoms with van der Waals surface area (Å²) < 4.78 is 38.5. The first-order valence-electron chi connectivity index (χ1n) is 8.06. The Kier molecular flexibility index (Phi) is 5.35. The van der Waals surface area contributed by atoms with Crippen molar-refractivity contribution in [2.45, 2.75) is 12.7 Å². The second-order valence-corrected chi connectivity index (χ2v) is 5.70. The second-order valence-electron chi connectivity index (χ2n) is 5.70. The number of hydrogen-bond donors (Lipinski definition) is 0. The molecule has 0 aliphatic carbocycles. The number of aromatic nitrogens is 4. The molecule has 0 saturated heterocycles. The van der Waals surface area contributed by atoms with Crippen LogP contribution >= 0.6 is 0 Å². The number of carbonyl (C=O) groups is 1. The van der Waals surface area contributed by atoms with Crippen molar-refractivity contribution in [2.75, 3.05) is 11.4 Å². The Bertz CT molecular complexity index is 1010. The molecule has 3 rings (SSSR count). The molecule has 0 unspecified atom stereocenters. The molecule has 142 valence electrons. The third-order valence-electron chi connectivity index (χ3n) is 3.78. The fraction of sp³-hybridized carbons (Fsp3) is 0.167. The van der Waals surface area contributed by atoms with Crippen LogP contribution in [0, 0.1) is 11.3 Å². The third kappa shape index (κ3) is 4.32. The quantitative estimate of drug-likeness (QED) is 0.629. The van der Waals surface area contributed by atoms with Gasteiger partial charge >= 0.3 is 6.18 Å². The second kappa shape index (κ2) is 7.87. The highest BCUT2D eigenvalue weighted by molar-refractivity contribution is 5.93. The van der Waals surface area contributed by atoms with Crippen molar-refractivity contribution in [1.29, 1.82) is 5.26 Å². The van der Waals surface area contributed by atoms with Gasteiger partial charge in [-0.3, -0.25) is 9.69 Å². The van der Waals surface area contributed by atoms with E-state index in [2.05, 4.69) is 15.4 Å². The SMILES string of the molecule is N#CCN(C(=O)Cn1nnc(-c2cccc(C(F)(F)F)c2)n1)c1ccccc1. The number of tetrazole rings is 1. The molecule has 2 aromatic carbocycles. The summed E-state index contributed by atoms with van der Waals surface area (Å²) in [6.07, 6.45) is -4.49. The molecule has 1 heterocycles. The van der Waals surface area contributed by atoms with E-state index in [4.69, 9.17) is 5.26 Å². The number of nitrogens with zero attached hydrogens (tertiary/aromatic N) is 6. The minimum atomic E-state index is -4.49. The molecule has 0 radical (unpaired) electrons. The molecule has 0 saturated carbocycles. The van der Waals surface area contributed by atoms with Crippen molar-refractivity contribution >= 4 is 11.6 Å². The summed E-state index contributed by atoms with van der Waals surface area (Å²) in [6, 6.07) is 15.0. The van der Waals surface area contributed by atoms with Gasteiger partial charge in [0.25, 0.3) is 5.91 Å². The van der Waals surface area contributed by atoms with Crippen LogP contribution in [-0.4, -0.2) is 32.7 Å². The van der Waals surface area contributed by atoms with E-state index in [-0.39, 0.29) is 24.5 Å². The first-order chi connectivity index (χ1) is 13.4. The van der Waals surface area contributed by atoms with Gasteiger partial charge in [-0.2, -0.15) is 23.2 Å². The zero-order valence-corrected chi connectivity index (χ0v) is 14.3. The van der Waals surface area contributed by atoms with Gasteiger partial charge in [0, 0.05) is 11.3 Å². The fourth-order valence-electron chi connectivity index (χ4n) is 2.47. The van der Waals surface area contributed by atoms with Gasteiger partial charge in [0.05, 0.1) is 11.6 Å². The van der Waals surface area contributed by atoms with E-state index < -0.39 is 17.6 Å². The Labute approximate surface area is 157 Å². The van der Waals surface area contributed by atoms with Gasteiger partial charge in [-0.1, -0.05) is 30.3 Å². The number of carbonyl (C=O) groups excluding carboxylic acids is 1. The number of nitriles is 1. The van der Waals surface area contributed by atoms with E-state index in [0.29, 0.717) is 5.69 Å². The molecule has 28 heavy (non-hydrogen) atoms. The third-order valence-corrected chi connectivity index (χ3v) is 3.78. The molecule has 0 aliphatic rings. The van der Waals surface area contributed by atoms with Crippen LogP contribution in [-0.2, 0) is 17.5 Å². The number of benzene rings is 2. The highest BCUT2D eigenvalue weighted by Gasteiger charge is 2.30. The van der Waals surface area contributed by atoms with Crippen LogP contribution in [0.5, 0.6) is 0 Å². The summed E-state index contributed by atoms with van der Waals surface area (Å²) in [7, 11) is 0. The first-order valence-corrected chi connectivity index (χ1v) is 8.06. The van der Waals surface area contributed by atoms with Crippen molar-refractivity contribution in [3.05, 3.63) is 60.2 Å². The zero-order chi connectivity index (χ0) is 20.1. The van der Waals surface area contributed by atoms with Crippen LogP contribution in [0.25, 0.3) is 11.4 Å². The lowest BCUT2D eigenvalue weighted by Crippen LogP contribution is -2.34. The molecule has 10 heteroatoms. The van der Waals surface area contributed by atoms with Crippen LogP contribution in [0.15, 0.2) is 54.6 Å². The Morgan fingerprint density at radius 2 is 1.89 bits per heavy atom. The lowest BCUT2D eigenvalue weighted by atomic mass is 10.1. The van der Waals surface area contributed by atoms with Gasteiger partial charge in [0.15, 0.2) is 0 Å². The van der Waals surface area contributed by atoms with Gasteiger partial charge in [0.2, 0.25) is 5.82 Å². The van der Waals surface area contributed by atoms with E-state index in [1.54, 1.807) is 30.3 Å². The van der Waals surface area contributed by atoms with Gasteiger partial charge in [-0.15, -0.1) is 10.2 Å². The summed E-state index contributed by atoms with van der Waals surface area (Å²) in [6.45, 7) is -0.486. The van der Waals surface area contributed by atoms with Crippen LogP contribution < -0.4 is 4.90 Å². The van der Waals surface area contributed by atoms with E-state index >= 15 is 0 Å². The standard InChI is InChI=1S/C18H13F3N6O/c19-18(20,21)14-6-4-5-13(11-14)17-23-25-27(24-17)12-16(28)26(10-9-22)15-7-2-1-3-8-15/h1-8,11H,10,12H2. The maximum Gasteiger partial charge on any atom is 0.416 e. The van der Waals surface area contributed by atoms with Crippen molar-refractivity contribution in [3.63, 3.8) is 0 Å². The van der Waals surface area contributed by atoms with Crippen LogP contribution in [0.4, 0.5) is 18.9 Å². The largest absolute Gasteiger partial charge is 0.416 e. The van der Waals surface area contributed by atoms with Gasteiger partial charge in [-0.05, 0) is 29.5 Å². The molecule has 0 fully saturated rings. The highest BCUT2D eigenvalue weighted by atomic mass is 19.4. The number of halogens is 3. The molecule has 0 spiro atoms. The van der Waals surface area contributed by atoms with Crippen molar-refractivity contribution in [2.24, 2.45) is 0 Å². The van der Waals surface area contributed by atoms with Crippen LogP contribution in [0.2, 0.25) is 0 Å². The summed E-state index contributed by atoms with van der Waals surface area (Å²) in [5, 5.41) is 20.4. The normalized spacial score (nSPS) is 11.1. The molecular weight excluding hydrogens is 373 g/mol. The van der Waals surface area contributed by atoms with E-state index in [0.717, 1.165) is 16.9 Å². The maximum absolute atomic E-state index is 12.8. The summed E-state index contributed by atoms with van der Waals surface area (Å²) in [4.78, 5) is 14.8. The lowest BCUT2D eigenvalue weighted by molar-refractivity contribution is -0.137. The van der Waals surface area contributed by atoms with Gasteiger partial charge < -0.3 is 0 Å². The van der Waals surface area contributed by atoms with Gasteiger partial charge in [0.1, 0.15) is 13.1 Å². The molecule has 1 amide bonds. The molecule has 0 bridgehead atoms. The summed E-state index contributed by atoms with van der Waals surface area (Å²) in [5.41, 5.74) is -0.167. The Balaban J connectivity index is 1.79. The topological polar surface area (TPSA) is 87.7 Å². The Morgan fingerprint density at radius 1 is 1.14 bits per heavy atom. The number of amides is 1. The molecule has 0 atom stereocenters. The maximum atomic E-state index is 12.8. The highest BCUT2D eigenvalue weighted by Crippen LogP contribution is 2.31. The average molecular weight is 386 g/mol. The molecular formula is C18H13F3N6O. The number of alkyl halides is 3. The van der Waals surface area contributed by atoms with Crippen molar-refractivity contribution < 1.29 is 18.0 Å². The molecule has 0 N–H and O–H groups in total. The number of hydrogen-bond acceptors (Lipinski definition) is 5. The molecule has 7 nitrogen and oxygen atoms in total. The van der Waals surface area contributed by atoms with Crippen molar-refractivity contribution in [1.82, 2.24) is 20.2 Å². The minimum Gasteiger partial charge on any atom is -0.297 e. The van der Waals surface area contributed by atoms with Crippen LogP contribution in [0.1, 0.15) is 5.56 Å². The predicted molar refractivity (Wildman–Crippen MR) is 92.7 cm³/mol. The monoisotopic (exact) mass is 386 g/mol. The van der Waals surface area contributed by atoms with Crippen molar-refractivity contribution in [3.8, 4) is 17.5 Å².